The van der Waals surface area contributed by atoms with Gasteiger partial charge in [-0.1, -0.05) is 12.2 Å². The smallest absolute Gasteiger partial charge is 0.416 e. The first-order chi connectivity index (χ1) is 21.4. The van der Waals surface area contributed by atoms with Crippen molar-refractivity contribution >= 4 is 46.4 Å². The number of phenolic OH excluding ortho intramolecular Hbond substituents is 1. The summed E-state index contributed by atoms with van der Waals surface area (Å²) in [7, 11) is 1.10. The third-order valence-corrected chi connectivity index (χ3v) is 7.95. The van der Waals surface area contributed by atoms with Gasteiger partial charge in [0, 0.05) is 23.7 Å². The van der Waals surface area contributed by atoms with Crippen LogP contribution in [0, 0.1) is 0 Å². The highest BCUT2D eigenvalue weighted by molar-refractivity contribution is 7.80. The molecule has 16 heteroatoms. The van der Waals surface area contributed by atoms with Gasteiger partial charge in [0.2, 0.25) is 6.61 Å². The Morgan fingerprint density at radius 1 is 0.957 bits per heavy atom. The number of benzene rings is 3. The summed E-state index contributed by atoms with van der Waals surface area (Å²) in [4.78, 5) is 37.8. The Labute approximate surface area is 262 Å². The lowest BCUT2D eigenvalue weighted by atomic mass is 10.1. The number of hydrogen-bond donors (Lipinski definition) is 3. The van der Waals surface area contributed by atoms with Crippen molar-refractivity contribution in [2.75, 3.05) is 25.6 Å². The molecule has 3 N–H and O–H groups in total. The fourth-order valence-electron chi connectivity index (χ4n) is 5.23. The second-order valence-corrected chi connectivity index (χ2v) is 10.8. The van der Waals surface area contributed by atoms with Crippen LogP contribution in [0.5, 0.6) is 11.5 Å². The first-order valence-electron chi connectivity index (χ1n) is 13.3. The number of rotatable bonds is 8. The molecule has 1 amide bonds. The molecule has 46 heavy (non-hydrogen) atoms. The van der Waals surface area contributed by atoms with E-state index >= 15 is 0 Å². The number of amides is 1. The van der Waals surface area contributed by atoms with Crippen LogP contribution in [0.1, 0.15) is 44.3 Å². The fraction of sp³-hybridized carbons (Fsp3) is 0.267. The Balaban J connectivity index is 1.71. The van der Waals surface area contributed by atoms with Crippen LogP contribution in [0.3, 0.4) is 0 Å². The number of nitrogens with one attached hydrogen (secondary N) is 1. The third-order valence-electron chi connectivity index (χ3n) is 7.50. The highest BCUT2D eigenvalue weighted by Crippen LogP contribution is 2.41. The Kier molecular flexibility index (Phi) is 9.36. The van der Waals surface area contributed by atoms with E-state index in [1.807, 2.05) is 0 Å². The van der Waals surface area contributed by atoms with Gasteiger partial charge in [0.15, 0.2) is 0 Å². The molecule has 3 aromatic rings. The number of carbonyl (C=O) groups excluding carboxylic acids is 2. The maximum Gasteiger partial charge on any atom is 0.416 e. The van der Waals surface area contributed by atoms with Crippen LogP contribution in [-0.2, 0) is 28.3 Å². The van der Waals surface area contributed by atoms with Crippen LogP contribution in [-0.4, -0.2) is 59.4 Å². The minimum absolute atomic E-state index is 0.0168. The number of esters is 1. The lowest BCUT2D eigenvalue weighted by Crippen LogP contribution is -2.63. The summed E-state index contributed by atoms with van der Waals surface area (Å²) in [6.07, 6.45) is -10.0. The summed E-state index contributed by atoms with van der Waals surface area (Å²) in [5, 5.41) is 22.4. The number of hydrogen-bond acceptors (Lipinski definition) is 7. The first-order valence-corrected chi connectivity index (χ1v) is 13.7. The predicted octanol–water partition coefficient (Wildman–Crippen LogP) is 6.21. The molecule has 2 unspecified atom stereocenters. The van der Waals surface area contributed by atoms with Crippen LogP contribution in [0.25, 0.3) is 0 Å². The summed E-state index contributed by atoms with van der Waals surface area (Å²) in [5.41, 5.74) is -2.70. The molecule has 1 aliphatic heterocycles. The van der Waals surface area contributed by atoms with E-state index in [2.05, 4.69) is 10.1 Å². The van der Waals surface area contributed by atoms with Crippen molar-refractivity contribution in [3.05, 3.63) is 82.4 Å². The van der Waals surface area contributed by atoms with E-state index in [0.29, 0.717) is 23.4 Å². The molecule has 1 heterocycles. The van der Waals surface area contributed by atoms with Crippen LogP contribution < -0.4 is 14.5 Å². The Bertz CT molecular complexity index is 1690. The van der Waals surface area contributed by atoms with Crippen molar-refractivity contribution in [2.45, 2.75) is 31.7 Å². The zero-order valence-corrected chi connectivity index (χ0v) is 24.8. The van der Waals surface area contributed by atoms with E-state index in [1.165, 1.54) is 37.3 Å². The molecule has 3 aromatic carbocycles. The number of halogens is 6. The molecule has 4 rings (SSSR count). The third kappa shape index (κ3) is 6.92. The number of aromatic hydroxyl groups is 1. The first kappa shape index (κ1) is 34.2. The minimum Gasteiger partial charge on any atom is -0.508 e. The van der Waals surface area contributed by atoms with Gasteiger partial charge in [0.05, 0.1) is 35.9 Å². The van der Waals surface area contributed by atoms with E-state index in [-0.39, 0.29) is 46.6 Å². The second kappa shape index (κ2) is 12.6. The van der Waals surface area contributed by atoms with E-state index in [4.69, 9.17) is 17.0 Å². The van der Waals surface area contributed by atoms with Gasteiger partial charge in [-0.25, -0.2) is 18.9 Å². The van der Waals surface area contributed by atoms with Crippen LogP contribution in [0.2, 0.25) is 0 Å². The van der Waals surface area contributed by atoms with Crippen molar-refractivity contribution in [1.29, 1.82) is 0 Å². The molecule has 244 valence electrons. The van der Waals surface area contributed by atoms with Crippen LogP contribution in [0.4, 0.5) is 37.7 Å². The Morgan fingerprint density at radius 3 is 2.13 bits per heavy atom. The van der Waals surface area contributed by atoms with Gasteiger partial charge in [-0.05, 0) is 55.5 Å². The second-order valence-electron chi connectivity index (χ2n) is 10.3. The normalized spacial score (nSPS) is 16.7. The zero-order valence-electron chi connectivity index (χ0n) is 24.0. The Morgan fingerprint density at radius 2 is 1.57 bits per heavy atom. The number of quaternary nitrogens is 1. The average molecular weight is 672 g/mol. The van der Waals surface area contributed by atoms with E-state index < -0.39 is 64.2 Å². The molecular formula is C30H25F6N2O7S+. The predicted molar refractivity (Wildman–Crippen MR) is 156 cm³/mol. The summed E-state index contributed by atoms with van der Waals surface area (Å²) in [6.45, 7) is 0.583. The SMILES string of the molecule is COC(=O)c1cc(NC(=S)C(C)[N+]2(C(=O)COc3cc(C(F)(F)F)cc(C(F)(F)F)c3)CCc3cc(O)ccc32)cc(C(=O)O)c1. The standard InChI is InChI=1S/C30H24F6N2O7S/c1-15(26(46)37-21-8-17(27(41)42)7-18(9-21)28(43)44-2)38(6-5-16-10-22(39)3-4-24(16)38)25(40)14-45-23-12-19(29(31,32)33)11-20(13-23)30(34,35)36/h3-4,7-13,15H,5-6,14H2,1-2H3,(H2-,37,39,41,42,46)/p+1. The van der Waals surface area contributed by atoms with Crippen molar-refractivity contribution in [2.24, 2.45) is 0 Å². The highest BCUT2D eigenvalue weighted by atomic mass is 32.1. The molecule has 0 saturated heterocycles. The molecule has 0 fully saturated rings. The monoisotopic (exact) mass is 671 g/mol. The zero-order chi connectivity index (χ0) is 34.2. The number of fused-ring (bicyclic) bond motifs is 1. The topological polar surface area (TPSA) is 122 Å². The number of carbonyl (C=O) groups is 3. The molecule has 0 saturated carbocycles. The van der Waals surface area contributed by atoms with Crippen molar-refractivity contribution < 1.29 is 60.4 Å². The largest absolute Gasteiger partial charge is 0.508 e. The number of nitrogens with zero attached hydrogens (tertiary/aromatic N) is 1. The van der Waals surface area contributed by atoms with E-state index in [0.717, 1.165) is 13.2 Å². The van der Waals surface area contributed by atoms with Crippen molar-refractivity contribution in [3.8, 4) is 11.5 Å². The van der Waals surface area contributed by atoms with Crippen LogP contribution in [0.15, 0.2) is 54.6 Å². The number of thiocarbonyl (C=S) groups is 1. The number of ether oxygens (including phenoxy) is 2. The molecule has 0 radical (unpaired) electrons. The number of phenols is 1. The summed E-state index contributed by atoms with van der Waals surface area (Å²) < 4.78 is 89.6. The number of methoxy groups -OCH3 is 1. The lowest BCUT2D eigenvalue weighted by molar-refractivity contribution is -0.143. The number of alkyl halides is 6. The molecule has 0 bridgehead atoms. The molecular weight excluding hydrogens is 646 g/mol. The molecule has 0 aromatic heterocycles. The number of carboxylic acid groups (broad SMARTS) is 1. The molecule has 2 atom stereocenters. The maximum atomic E-state index is 14.0. The van der Waals surface area contributed by atoms with E-state index in [9.17, 15) is 50.9 Å². The maximum absolute atomic E-state index is 14.0. The lowest BCUT2D eigenvalue weighted by Gasteiger charge is -2.37. The van der Waals surface area contributed by atoms with Crippen molar-refractivity contribution in [1.82, 2.24) is 4.48 Å². The van der Waals surface area contributed by atoms with Gasteiger partial charge in [0.25, 0.3) is 0 Å². The van der Waals surface area contributed by atoms with Gasteiger partial charge in [-0.3, -0.25) is 0 Å². The van der Waals surface area contributed by atoms with Gasteiger partial charge in [0.1, 0.15) is 28.2 Å². The van der Waals surface area contributed by atoms with Crippen molar-refractivity contribution in [3.63, 3.8) is 0 Å². The number of anilines is 1. The highest BCUT2D eigenvalue weighted by Gasteiger charge is 2.51. The molecule has 0 aliphatic carbocycles. The molecule has 0 spiro atoms. The summed E-state index contributed by atoms with van der Waals surface area (Å²) >= 11 is 5.60. The summed E-state index contributed by atoms with van der Waals surface area (Å²) in [5.74, 6) is -3.94. The quantitative estimate of drug-likeness (QED) is 0.111. The van der Waals surface area contributed by atoms with Gasteiger partial charge >= 0.3 is 30.2 Å². The van der Waals surface area contributed by atoms with E-state index in [1.54, 1.807) is 0 Å². The minimum atomic E-state index is -5.13. The molecule has 9 nitrogen and oxygen atoms in total. The van der Waals surface area contributed by atoms with Crippen LogP contribution >= 0.6 is 12.2 Å². The van der Waals surface area contributed by atoms with Gasteiger partial charge in [-0.15, -0.1) is 0 Å². The number of carboxylic acids is 1. The van der Waals surface area contributed by atoms with Gasteiger partial charge < -0.3 is 25.0 Å². The number of aromatic carboxylic acids is 1. The average Bonchev–Trinajstić information content (AvgIpc) is 3.37. The fourth-order valence-corrected chi connectivity index (χ4v) is 5.53. The Hall–Kier alpha value is -4.70. The molecule has 1 aliphatic rings. The summed E-state index contributed by atoms with van der Waals surface area (Å²) in [6, 6.07) is 7.36. The van der Waals surface area contributed by atoms with Gasteiger partial charge in [-0.2, -0.15) is 26.3 Å².